The Morgan fingerprint density at radius 2 is 1.62 bits per heavy atom. The Morgan fingerprint density at radius 1 is 1.00 bits per heavy atom. The van der Waals surface area contributed by atoms with E-state index in [2.05, 4.69) is 5.32 Å². The molecule has 0 saturated carbocycles. The summed E-state index contributed by atoms with van der Waals surface area (Å²) < 4.78 is 39.9. The van der Waals surface area contributed by atoms with E-state index in [1.807, 2.05) is 43.3 Å². The van der Waals surface area contributed by atoms with Crippen LogP contribution in [0.15, 0.2) is 36.4 Å². The van der Waals surface area contributed by atoms with Crippen molar-refractivity contribution >= 4 is 11.4 Å². The fourth-order valence-electron chi connectivity index (χ4n) is 2.04. The molecule has 1 N–H and O–H groups in total. The summed E-state index contributed by atoms with van der Waals surface area (Å²) in [6.07, 6.45) is 0. The summed E-state index contributed by atoms with van der Waals surface area (Å²) in [6, 6.07) is 8.82. The fraction of sp³-hybridized carbons (Fsp3) is 0.250. The van der Waals surface area contributed by atoms with Gasteiger partial charge in [-0.05, 0) is 24.6 Å². The lowest BCUT2D eigenvalue weighted by molar-refractivity contribution is 0.496. The summed E-state index contributed by atoms with van der Waals surface area (Å²) in [4.78, 5) is 1.96. The molecule has 0 aliphatic heterocycles. The largest absolute Gasteiger partial charge is 0.378 e. The van der Waals surface area contributed by atoms with Crippen LogP contribution in [0.25, 0.3) is 0 Å². The highest BCUT2D eigenvalue weighted by atomic mass is 19.2. The number of hydrogen-bond acceptors (Lipinski definition) is 2. The third kappa shape index (κ3) is 3.48. The molecule has 2 rings (SSSR count). The van der Waals surface area contributed by atoms with Crippen molar-refractivity contribution in [1.82, 2.24) is 0 Å². The maximum Gasteiger partial charge on any atom is 0.182 e. The standard InChI is InChI=1S/C16H17F3N2/c1-10(11-4-6-13(7-5-11)21(2)3)20-15-9-12(17)8-14(18)16(15)19/h4-10,20H,1-3H3. The van der Waals surface area contributed by atoms with Crippen LogP contribution in [0.1, 0.15) is 18.5 Å². The Bertz CT molecular complexity index is 624. The zero-order valence-corrected chi connectivity index (χ0v) is 12.1. The van der Waals surface area contributed by atoms with Gasteiger partial charge in [0, 0.05) is 38.0 Å². The molecule has 0 aliphatic rings. The van der Waals surface area contributed by atoms with Gasteiger partial charge in [-0.2, -0.15) is 0 Å². The van der Waals surface area contributed by atoms with Gasteiger partial charge in [0.2, 0.25) is 0 Å². The third-order valence-corrected chi connectivity index (χ3v) is 3.27. The quantitative estimate of drug-likeness (QED) is 0.844. The lowest BCUT2D eigenvalue weighted by atomic mass is 10.1. The molecule has 0 fully saturated rings. The van der Waals surface area contributed by atoms with Crippen LogP contribution in [-0.2, 0) is 0 Å². The van der Waals surface area contributed by atoms with E-state index in [0.29, 0.717) is 6.07 Å². The zero-order valence-electron chi connectivity index (χ0n) is 12.1. The number of anilines is 2. The minimum atomic E-state index is -1.20. The summed E-state index contributed by atoms with van der Waals surface area (Å²) in [6.45, 7) is 1.80. The van der Waals surface area contributed by atoms with Crippen LogP contribution >= 0.6 is 0 Å². The molecule has 21 heavy (non-hydrogen) atoms. The summed E-state index contributed by atoms with van der Waals surface area (Å²) in [5.74, 6) is -3.09. The molecule has 2 aromatic rings. The Morgan fingerprint density at radius 3 is 2.19 bits per heavy atom. The van der Waals surface area contributed by atoms with E-state index >= 15 is 0 Å². The molecule has 0 aliphatic carbocycles. The number of nitrogens with zero attached hydrogens (tertiary/aromatic N) is 1. The molecule has 1 atom stereocenters. The number of nitrogens with one attached hydrogen (secondary N) is 1. The Hall–Kier alpha value is -2.17. The molecule has 2 nitrogen and oxygen atoms in total. The molecule has 1 unspecified atom stereocenters. The van der Waals surface area contributed by atoms with Crippen LogP contribution in [0.5, 0.6) is 0 Å². The molecule has 0 aromatic heterocycles. The van der Waals surface area contributed by atoms with Gasteiger partial charge in [-0.25, -0.2) is 13.2 Å². The average Bonchev–Trinajstić information content (AvgIpc) is 2.44. The molecule has 5 heteroatoms. The van der Waals surface area contributed by atoms with Gasteiger partial charge >= 0.3 is 0 Å². The van der Waals surface area contributed by atoms with Crippen molar-refractivity contribution < 1.29 is 13.2 Å². The summed E-state index contributed by atoms with van der Waals surface area (Å²) in [5.41, 5.74) is 1.75. The van der Waals surface area contributed by atoms with Gasteiger partial charge in [0.15, 0.2) is 11.6 Å². The third-order valence-electron chi connectivity index (χ3n) is 3.27. The minimum Gasteiger partial charge on any atom is -0.378 e. The second-order valence-corrected chi connectivity index (χ2v) is 5.10. The van der Waals surface area contributed by atoms with Crippen LogP contribution in [0, 0.1) is 17.5 Å². The zero-order chi connectivity index (χ0) is 15.6. The average molecular weight is 294 g/mol. The first-order chi connectivity index (χ1) is 9.88. The second-order valence-electron chi connectivity index (χ2n) is 5.10. The van der Waals surface area contributed by atoms with Gasteiger partial charge in [-0.15, -0.1) is 0 Å². The highest BCUT2D eigenvalue weighted by Gasteiger charge is 2.14. The lowest BCUT2D eigenvalue weighted by Gasteiger charge is -2.18. The van der Waals surface area contributed by atoms with E-state index in [-0.39, 0.29) is 11.7 Å². The first-order valence-corrected chi connectivity index (χ1v) is 6.57. The summed E-state index contributed by atoms with van der Waals surface area (Å²) in [7, 11) is 3.86. The molecule has 0 radical (unpaired) electrons. The molecule has 0 amide bonds. The van der Waals surface area contributed by atoms with Crippen molar-refractivity contribution in [3.63, 3.8) is 0 Å². The van der Waals surface area contributed by atoms with Gasteiger partial charge in [-0.1, -0.05) is 12.1 Å². The van der Waals surface area contributed by atoms with E-state index in [1.54, 1.807) is 6.92 Å². The van der Waals surface area contributed by atoms with Crippen LogP contribution < -0.4 is 10.2 Å². The smallest absolute Gasteiger partial charge is 0.182 e. The maximum absolute atomic E-state index is 13.6. The van der Waals surface area contributed by atoms with Gasteiger partial charge in [-0.3, -0.25) is 0 Å². The first-order valence-electron chi connectivity index (χ1n) is 6.57. The molecular formula is C16H17F3N2. The molecule has 2 aromatic carbocycles. The van der Waals surface area contributed by atoms with E-state index in [1.165, 1.54) is 0 Å². The molecule has 0 heterocycles. The van der Waals surface area contributed by atoms with Crippen molar-refractivity contribution in [2.24, 2.45) is 0 Å². The molecule has 112 valence electrons. The van der Waals surface area contributed by atoms with Gasteiger partial charge < -0.3 is 10.2 Å². The van der Waals surface area contributed by atoms with Crippen LogP contribution in [0.4, 0.5) is 24.5 Å². The fourth-order valence-corrected chi connectivity index (χ4v) is 2.04. The Kier molecular flexibility index (Phi) is 4.40. The normalized spacial score (nSPS) is 12.1. The number of hydrogen-bond donors (Lipinski definition) is 1. The maximum atomic E-state index is 13.6. The number of benzene rings is 2. The van der Waals surface area contributed by atoms with Gasteiger partial charge in [0.25, 0.3) is 0 Å². The van der Waals surface area contributed by atoms with Crippen LogP contribution in [-0.4, -0.2) is 14.1 Å². The number of rotatable bonds is 4. The summed E-state index contributed by atoms with van der Waals surface area (Å²) >= 11 is 0. The van der Waals surface area contributed by atoms with E-state index in [9.17, 15) is 13.2 Å². The molecular weight excluding hydrogens is 277 g/mol. The van der Waals surface area contributed by atoms with Crippen molar-refractivity contribution in [3.8, 4) is 0 Å². The van der Waals surface area contributed by atoms with Crippen molar-refractivity contribution in [2.45, 2.75) is 13.0 Å². The Labute approximate surface area is 122 Å². The molecule has 0 bridgehead atoms. The van der Waals surface area contributed by atoms with Crippen LogP contribution in [0.2, 0.25) is 0 Å². The van der Waals surface area contributed by atoms with Crippen LogP contribution in [0.3, 0.4) is 0 Å². The van der Waals surface area contributed by atoms with Gasteiger partial charge in [0.05, 0.1) is 5.69 Å². The number of halogens is 3. The van der Waals surface area contributed by atoms with Gasteiger partial charge in [0.1, 0.15) is 5.82 Å². The second kappa shape index (κ2) is 6.08. The topological polar surface area (TPSA) is 15.3 Å². The van der Waals surface area contributed by atoms with Crippen molar-refractivity contribution in [3.05, 3.63) is 59.4 Å². The molecule has 0 saturated heterocycles. The van der Waals surface area contributed by atoms with Crippen molar-refractivity contribution in [1.29, 1.82) is 0 Å². The van der Waals surface area contributed by atoms with E-state index < -0.39 is 17.5 Å². The van der Waals surface area contributed by atoms with Crippen molar-refractivity contribution in [2.75, 3.05) is 24.3 Å². The minimum absolute atomic E-state index is 0.184. The first kappa shape index (κ1) is 15.2. The predicted molar refractivity (Wildman–Crippen MR) is 79.1 cm³/mol. The predicted octanol–water partition coefficient (Wildman–Crippen LogP) is 4.34. The van der Waals surface area contributed by atoms with E-state index in [4.69, 9.17) is 0 Å². The lowest BCUT2D eigenvalue weighted by Crippen LogP contribution is -2.11. The monoisotopic (exact) mass is 294 g/mol. The highest BCUT2D eigenvalue weighted by Crippen LogP contribution is 2.25. The summed E-state index contributed by atoms with van der Waals surface area (Å²) in [5, 5.41) is 2.79. The molecule has 0 spiro atoms. The Balaban J connectivity index is 2.20. The highest BCUT2D eigenvalue weighted by molar-refractivity contribution is 5.50. The SMILES string of the molecule is CC(Nc1cc(F)cc(F)c1F)c1ccc(N(C)C)cc1. The van der Waals surface area contributed by atoms with E-state index in [0.717, 1.165) is 17.3 Å².